The number of nitro benzene ring substituents is 1. The second-order valence-corrected chi connectivity index (χ2v) is 6.65. The van der Waals surface area contributed by atoms with Crippen LogP contribution in [0.2, 0.25) is 0 Å². The van der Waals surface area contributed by atoms with Crippen molar-refractivity contribution >= 4 is 11.4 Å². The lowest BCUT2D eigenvalue weighted by molar-refractivity contribution is -0.385. The summed E-state index contributed by atoms with van der Waals surface area (Å²) in [5, 5.41) is 35.6. The van der Waals surface area contributed by atoms with E-state index in [0.717, 1.165) is 0 Å². The molecule has 2 aromatic rings. The Hall–Kier alpha value is -2.88. The topological polar surface area (TPSA) is 123 Å². The number of benzene rings is 2. The van der Waals surface area contributed by atoms with Crippen LogP contribution in [-0.4, -0.2) is 47.4 Å². The van der Waals surface area contributed by atoms with Crippen molar-refractivity contribution in [3.8, 4) is 11.5 Å². The number of aliphatic hydroxyl groups is 1. The van der Waals surface area contributed by atoms with E-state index < -0.39 is 29.0 Å². The largest absolute Gasteiger partial charge is 0.506 e. The number of hydrogen-bond donors (Lipinski definition) is 3. The highest BCUT2D eigenvalue weighted by Gasteiger charge is 2.52. The molecule has 3 atom stereocenters. The van der Waals surface area contributed by atoms with Crippen molar-refractivity contribution in [3.63, 3.8) is 0 Å². The Morgan fingerprint density at radius 2 is 1.93 bits per heavy atom. The molecule has 9 heteroatoms. The van der Waals surface area contributed by atoms with Crippen LogP contribution < -0.4 is 10.1 Å². The van der Waals surface area contributed by atoms with Crippen LogP contribution in [0.4, 0.5) is 11.4 Å². The van der Waals surface area contributed by atoms with Gasteiger partial charge in [-0.3, -0.25) is 10.1 Å². The zero-order valence-corrected chi connectivity index (χ0v) is 15.7. The first kappa shape index (κ1) is 19.9. The molecule has 1 heterocycles. The Morgan fingerprint density at radius 1 is 1.25 bits per heavy atom. The van der Waals surface area contributed by atoms with Crippen LogP contribution in [0.1, 0.15) is 18.5 Å². The number of nitro groups is 1. The van der Waals surface area contributed by atoms with Gasteiger partial charge < -0.3 is 29.7 Å². The second-order valence-electron chi connectivity index (χ2n) is 6.65. The molecule has 0 saturated heterocycles. The van der Waals surface area contributed by atoms with Gasteiger partial charge in [0.05, 0.1) is 16.7 Å². The van der Waals surface area contributed by atoms with Crippen LogP contribution in [0.25, 0.3) is 0 Å². The van der Waals surface area contributed by atoms with Crippen molar-refractivity contribution < 1.29 is 29.3 Å². The van der Waals surface area contributed by atoms with Gasteiger partial charge in [0.2, 0.25) is 0 Å². The van der Waals surface area contributed by atoms with E-state index in [1.54, 1.807) is 25.1 Å². The molecule has 2 aromatic carbocycles. The summed E-state index contributed by atoms with van der Waals surface area (Å²) in [6.07, 6.45) is -2.15. The molecule has 3 rings (SSSR count). The molecule has 0 aliphatic carbocycles. The van der Waals surface area contributed by atoms with Gasteiger partial charge in [-0.15, -0.1) is 0 Å². The minimum atomic E-state index is -1.32. The summed E-state index contributed by atoms with van der Waals surface area (Å²) in [6.45, 7) is 1.62. The third-order valence-electron chi connectivity index (χ3n) is 4.88. The minimum absolute atomic E-state index is 0.0232. The normalized spacial score (nSPS) is 23.8. The number of nitrogens with zero attached hydrogens (tertiary/aromatic N) is 1. The molecule has 0 bridgehead atoms. The second kappa shape index (κ2) is 7.63. The quantitative estimate of drug-likeness (QED) is 0.298. The van der Waals surface area contributed by atoms with Crippen molar-refractivity contribution in [2.24, 2.45) is 0 Å². The standard InChI is InChI=1S/C19H22N2O7/c1-19(18(26-2)27-3)17(23)16(20-13-6-4-5-7-14(13)22)12-10-11(21(24)25)8-9-15(12)28-19/h4-10,16-18,20,22-23H,1-3H3/t16-,17+,19-/m1/s1. The molecular weight excluding hydrogens is 368 g/mol. The van der Waals surface area contributed by atoms with Gasteiger partial charge in [-0.2, -0.15) is 0 Å². The number of fused-ring (bicyclic) bond motifs is 1. The highest BCUT2D eigenvalue weighted by atomic mass is 16.7. The first-order chi connectivity index (χ1) is 13.3. The number of non-ortho nitro benzene ring substituents is 1. The molecular formula is C19H22N2O7. The van der Waals surface area contributed by atoms with Crippen molar-refractivity contribution in [1.29, 1.82) is 0 Å². The van der Waals surface area contributed by atoms with Gasteiger partial charge in [0.25, 0.3) is 5.69 Å². The number of hydrogen-bond acceptors (Lipinski definition) is 8. The Balaban J connectivity index is 2.12. The zero-order chi connectivity index (χ0) is 20.5. The number of ether oxygens (including phenoxy) is 3. The summed E-state index contributed by atoms with van der Waals surface area (Å²) < 4.78 is 16.6. The first-order valence-corrected chi connectivity index (χ1v) is 8.57. The number of aliphatic hydroxyl groups excluding tert-OH is 1. The molecule has 9 nitrogen and oxygen atoms in total. The van der Waals surface area contributed by atoms with E-state index in [1.807, 2.05) is 0 Å². The van der Waals surface area contributed by atoms with Gasteiger partial charge in [0, 0.05) is 31.9 Å². The van der Waals surface area contributed by atoms with Gasteiger partial charge in [-0.1, -0.05) is 12.1 Å². The molecule has 1 aliphatic heterocycles. The molecule has 1 aliphatic rings. The van der Waals surface area contributed by atoms with Crippen molar-refractivity contribution in [1.82, 2.24) is 0 Å². The van der Waals surface area contributed by atoms with Crippen LogP contribution in [0.3, 0.4) is 0 Å². The van der Waals surface area contributed by atoms with Gasteiger partial charge in [0.1, 0.15) is 17.6 Å². The third kappa shape index (κ3) is 3.35. The SMILES string of the molecule is COC(OC)[C@]1(C)Oc2ccc([N+](=O)[O-])cc2[C@@H](Nc2ccccc2O)[C@@H]1O. The lowest BCUT2D eigenvalue weighted by Crippen LogP contribution is -2.60. The number of aromatic hydroxyl groups is 1. The lowest BCUT2D eigenvalue weighted by Gasteiger charge is -2.46. The van der Waals surface area contributed by atoms with E-state index in [-0.39, 0.29) is 11.4 Å². The van der Waals surface area contributed by atoms with Crippen LogP contribution in [0, 0.1) is 10.1 Å². The maximum atomic E-state index is 11.2. The molecule has 0 fully saturated rings. The predicted molar refractivity (Wildman–Crippen MR) is 100 cm³/mol. The number of nitrogens with one attached hydrogen (secondary N) is 1. The molecule has 150 valence electrons. The predicted octanol–water partition coefficient (Wildman–Crippen LogP) is 2.58. The fourth-order valence-corrected chi connectivity index (χ4v) is 3.46. The van der Waals surface area contributed by atoms with Crippen LogP contribution in [0.5, 0.6) is 11.5 Å². The average Bonchev–Trinajstić information content (AvgIpc) is 2.67. The molecule has 0 saturated carbocycles. The van der Waals surface area contributed by atoms with E-state index in [9.17, 15) is 20.3 Å². The van der Waals surface area contributed by atoms with E-state index in [2.05, 4.69) is 5.32 Å². The smallest absolute Gasteiger partial charge is 0.270 e. The maximum Gasteiger partial charge on any atom is 0.270 e. The number of phenolic OH excluding ortho intramolecular Hbond substituents is 1. The Bertz CT molecular complexity index is 871. The number of phenols is 1. The van der Waals surface area contributed by atoms with Crippen LogP contribution >= 0.6 is 0 Å². The summed E-state index contributed by atoms with van der Waals surface area (Å²) in [6, 6.07) is 9.80. The molecule has 3 N–H and O–H groups in total. The van der Waals surface area contributed by atoms with Crippen molar-refractivity contribution in [2.75, 3.05) is 19.5 Å². The number of para-hydroxylation sites is 2. The number of methoxy groups -OCH3 is 2. The summed E-state index contributed by atoms with van der Waals surface area (Å²) >= 11 is 0. The summed E-state index contributed by atoms with van der Waals surface area (Å²) in [5.74, 6) is 0.315. The summed E-state index contributed by atoms with van der Waals surface area (Å²) in [4.78, 5) is 10.7. The third-order valence-corrected chi connectivity index (χ3v) is 4.88. The number of rotatable bonds is 6. The zero-order valence-electron chi connectivity index (χ0n) is 15.7. The maximum absolute atomic E-state index is 11.2. The van der Waals surface area contributed by atoms with Crippen molar-refractivity contribution in [3.05, 3.63) is 58.1 Å². The Morgan fingerprint density at radius 3 is 2.54 bits per heavy atom. The van der Waals surface area contributed by atoms with E-state index in [4.69, 9.17) is 14.2 Å². The van der Waals surface area contributed by atoms with E-state index in [1.165, 1.54) is 38.5 Å². The first-order valence-electron chi connectivity index (χ1n) is 8.57. The van der Waals surface area contributed by atoms with Gasteiger partial charge in [0.15, 0.2) is 11.9 Å². The molecule has 28 heavy (non-hydrogen) atoms. The molecule has 0 unspecified atom stereocenters. The summed E-state index contributed by atoms with van der Waals surface area (Å²) in [5.41, 5.74) is -0.723. The molecule has 0 aromatic heterocycles. The van der Waals surface area contributed by atoms with E-state index in [0.29, 0.717) is 17.0 Å². The fraction of sp³-hybridized carbons (Fsp3) is 0.368. The van der Waals surface area contributed by atoms with Gasteiger partial charge >= 0.3 is 0 Å². The number of anilines is 1. The van der Waals surface area contributed by atoms with Gasteiger partial charge in [-0.25, -0.2) is 0 Å². The van der Waals surface area contributed by atoms with Gasteiger partial charge in [-0.05, 0) is 25.1 Å². The van der Waals surface area contributed by atoms with Crippen molar-refractivity contribution in [2.45, 2.75) is 31.0 Å². The minimum Gasteiger partial charge on any atom is -0.506 e. The monoisotopic (exact) mass is 390 g/mol. The summed E-state index contributed by atoms with van der Waals surface area (Å²) in [7, 11) is 2.85. The van der Waals surface area contributed by atoms with E-state index >= 15 is 0 Å². The molecule has 0 radical (unpaired) electrons. The highest BCUT2D eigenvalue weighted by Crippen LogP contribution is 2.45. The average molecular weight is 390 g/mol. The Kier molecular flexibility index (Phi) is 5.41. The van der Waals surface area contributed by atoms with Crippen LogP contribution in [0.15, 0.2) is 42.5 Å². The Labute approximate surface area is 161 Å². The molecule has 0 spiro atoms. The fourth-order valence-electron chi connectivity index (χ4n) is 3.46. The molecule has 0 amide bonds. The highest BCUT2D eigenvalue weighted by molar-refractivity contribution is 5.59. The van der Waals surface area contributed by atoms with Crippen LogP contribution in [-0.2, 0) is 9.47 Å². The lowest BCUT2D eigenvalue weighted by atomic mass is 9.84.